The monoisotopic (exact) mass is 451 g/mol. The Balaban J connectivity index is 1.79. The van der Waals surface area contributed by atoms with Crippen molar-refractivity contribution in [3.63, 3.8) is 0 Å². The second kappa shape index (κ2) is 9.19. The summed E-state index contributed by atoms with van der Waals surface area (Å²) >= 11 is 24.8. The van der Waals surface area contributed by atoms with Crippen molar-refractivity contribution in [2.45, 2.75) is 20.5 Å². The lowest BCUT2D eigenvalue weighted by Crippen LogP contribution is -1.98. The van der Waals surface area contributed by atoms with Crippen LogP contribution in [0.5, 0.6) is 5.75 Å². The molecule has 0 N–H and O–H groups in total. The highest BCUT2D eigenvalue weighted by atomic mass is 35.5. The van der Waals surface area contributed by atoms with E-state index >= 15 is 0 Å². The molecule has 0 bridgehead atoms. The third-order valence-corrected chi connectivity index (χ3v) is 5.48. The number of hydrogen-bond donors (Lipinski definition) is 0. The Labute approximate surface area is 184 Å². The van der Waals surface area contributed by atoms with Crippen molar-refractivity contribution in [2.24, 2.45) is 4.99 Å². The fourth-order valence-electron chi connectivity index (χ4n) is 2.60. The molecule has 0 heterocycles. The maximum Gasteiger partial charge on any atom is 0.157 e. The summed E-state index contributed by atoms with van der Waals surface area (Å²) < 4.78 is 5.79. The summed E-state index contributed by atoms with van der Waals surface area (Å²) in [6.07, 6.45) is 1.74. The summed E-state index contributed by atoms with van der Waals surface area (Å²) in [6, 6.07) is 14.8. The summed E-state index contributed by atoms with van der Waals surface area (Å²) in [4.78, 5) is 4.55. The summed E-state index contributed by atoms with van der Waals surface area (Å²) in [5.41, 5.74) is 4.81. The van der Waals surface area contributed by atoms with Crippen LogP contribution < -0.4 is 4.74 Å². The fraction of sp³-hybridized carbons (Fsp3) is 0.136. The van der Waals surface area contributed by atoms with Crippen LogP contribution in [0.15, 0.2) is 53.5 Å². The molecular formula is C22H17Cl4NO. The van der Waals surface area contributed by atoms with Gasteiger partial charge in [0, 0.05) is 21.8 Å². The van der Waals surface area contributed by atoms with Crippen LogP contribution in [0.2, 0.25) is 20.1 Å². The van der Waals surface area contributed by atoms with Crippen LogP contribution in [-0.4, -0.2) is 6.21 Å². The second-order valence-corrected chi connectivity index (χ2v) is 7.97. The van der Waals surface area contributed by atoms with Gasteiger partial charge in [-0.3, -0.25) is 4.99 Å². The van der Waals surface area contributed by atoms with Crippen LogP contribution in [-0.2, 0) is 6.61 Å². The topological polar surface area (TPSA) is 21.6 Å². The number of aliphatic imine (C=N–C) groups is 1. The number of halogens is 4. The van der Waals surface area contributed by atoms with Crippen LogP contribution in [0.4, 0.5) is 5.69 Å². The molecule has 28 heavy (non-hydrogen) atoms. The van der Waals surface area contributed by atoms with Crippen molar-refractivity contribution < 1.29 is 4.74 Å². The normalized spacial score (nSPS) is 11.2. The van der Waals surface area contributed by atoms with Crippen molar-refractivity contribution >= 4 is 58.3 Å². The lowest BCUT2D eigenvalue weighted by Gasteiger charge is -2.12. The number of rotatable bonds is 5. The molecule has 0 atom stereocenters. The van der Waals surface area contributed by atoms with E-state index in [1.807, 2.05) is 19.1 Å². The molecule has 144 valence electrons. The van der Waals surface area contributed by atoms with Crippen molar-refractivity contribution in [3.8, 4) is 5.75 Å². The van der Waals surface area contributed by atoms with E-state index in [0.717, 1.165) is 22.4 Å². The number of hydrogen-bond acceptors (Lipinski definition) is 2. The minimum Gasteiger partial charge on any atom is -0.486 e. The van der Waals surface area contributed by atoms with Gasteiger partial charge in [-0.1, -0.05) is 64.6 Å². The van der Waals surface area contributed by atoms with Crippen molar-refractivity contribution in [3.05, 3.63) is 90.9 Å². The second-order valence-electron chi connectivity index (χ2n) is 6.32. The largest absolute Gasteiger partial charge is 0.486 e. The molecule has 3 rings (SSSR count). The standard InChI is InChI=1S/C22H17Cl4NO/c1-13-4-3-5-21(14(13)2)27-11-15-8-19(25)22(20(26)9-15)28-12-16-6-7-17(23)10-18(16)24/h3-11H,12H2,1-2H3. The van der Waals surface area contributed by atoms with Crippen molar-refractivity contribution in [1.29, 1.82) is 0 Å². The molecule has 0 amide bonds. The van der Waals surface area contributed by atoms with Gasteiger partial charge in [0.05, 0.1) is 15.7 Å². The number of aryl methyl sites for hydroxylation is 1. The molecule has 0 aliphatic carbocycles. The van der Waals surface area contributed by atoms with Gasteiger partial charge in [-0.25, -0.2) is 0 Å². The first-order valence-electron chi connectivity index (χ1n) is 8.51. The molecule has 0 fully saturated rings. The van der Waals surface area contributed by atoms with E-state index in [1.54, 1.807) is 36.5 Å². The van der Waals surface area contributed by atoms with Crippen LogP contribution in [0.3, 0.4) is 0 Å². The van der Waals surface area contributed by atoms with Crippen molar-refractivity contribution in [1.82, 2.24) is 0 Å². The maximum atomic E-state index is 6.38. The van der Waals surface area contributed by atoms with Crippen molar-refractivity contribution in [2.75, 3.05) is 0 Å². The molecule has 2 nitrogen and oxygen atoms in total. The van der Waals surface area contributed by atoms with Gasteiger partial charge < -0.3 is 4.74 Å². The Morgan fingerprint density at radius 3 is 2.29 bits per heavy atom. The quantitative estimate of drug-likeness (QED) is 0.357. The third kappa shape index (κ3) is 5.01. The first kappa shape index (κ1) is 21.0. The predicted octanol–water partition coefficient (Wildman–Crippen LogP) is 8.25. The van der Waals surface area contributed by atoms with Gasteiger partial charge in [0.2, 0.25) is 0 Å². The molecule has 6 heteroatoms. The molecular weight excluding hydrogens is 436 g/mol. The van der Waals surface area contributed by atoms with E-state index in [-0.39, 0.29) is 6.61 Å². The van der Waals surface area contributed by atoms with E-state index < -0.39 is 0 Å². The SMILES string of the molecule is Cc1cccc(N=Cc2cc(Cl)c(OCc3ccc(Cl)cc3Cl)c(Cl)c2)c1C. The Bertz CT molecular complexity index is 1020. The van der Waals surface area contributed by atoms with Gasteiger partial charge in [-0.2, -0.15) is 0 Å². The summed E-state index contributed by atoms with van der Waals surface area (Å²) in [5.74, 6) is 0.401. The van der Waals surface area contributed by atoms with Gasteiger partial charge in [-0.05, 0) is 60.9 Å². The molecule has 0 radical (unpaired) electrons. The third-order valence-electron chi connectivity index (χ3n) is 4.34. The van der Waals surface area contributed by atoms with Crippen LogP contribution in [0, 0.1) is 13.8 Å². The van der Waals surface area contributed by atoms with E-state index in [4.69, 9.17) is 51.1 Å². The van der Waals surface area contributed by atoms with Gasteiger partial charge in [0.25, 0.3) is 0 Å². The zero-order valence-electron chi connectivity index (χ0n) is 15.3. The Hall–Kier alpha value is -1.71. The molecule has 0 saturated heterocycles. The van der Waals surface area contributed by atoms with Crippen LogP contribution in [0.1, 0.15) is 22.3 Å². The zero-order chi connectivity index (χ0) is 20.3. The Morgan fingerprint density at radius 2 is 1.61 bits per heavy atom. The first-order valence-corrected chi connectivity index (χ1v) is 10.0. The highest BCUT2D eigenvalue weighted by Crippen LogP contribution is 2.35. The molecule has 3 aromatic carbocycles. The van der Waals surface area contributed by atoms with Crippen LogP contribution >= 0.6 is 46.4 Å². The van der Waals surface area contributed by atoms with Crippen LogP contribution in [0.25, 0.3) is 0 Å². The van der Waals surface area contributed by atoms with Gasteiger partial charge >= 0.3 is 0 Å². The summed E-state index contributed by atoms with van der Waals surface area (Å²) in [7, 11) is 0. The minimum atomic E-state index is 0.228. The molecule has 0 aromatic heterocycles. The fourth-order valence-corrected chi connectivity index (χ4v) is 3.68. The number of nitrogens with zero attached hydrogens (tertiary/aromatic N) is 1. The molecule has 0 aliphatic rings. The molecule has 0 saturated carbocycles. The van der Waals surface area contributed by atoms with Gasteiger partial charge in [0.1, 0.15) is 6.61 Å². The number of benzene rings is 3. The van der Waals surface area contributed by atoms with E-state index in [9.17, 15) is 0 Å². The summed E-state index contributed by atoms with van der Waals surface area (Å²) in [5, 5.41) is 1.90. The Kier molecular flexibility index (Phi) is 6.90. The molecule has 0 aliphatic heterocycles. The van der Waals surface area contributed by atoms with Gasteiger partial charge in [0.15, 0.2) is 5.75 Å². The molecule has 0 spiro atoms. The highest BCUT2D eigenvalue weighted by molar-refractivity contribution is 6.37. The lowest BCUT2D eigenvalue weighted by molar-refractivity contribution is 0.306. The highest BCUT2D eigenvalue weighted by Gasteiger charge is 2.11. The molecule has 0 unspecified atom stereocenters. The van der Waals surface area contributed by atoms with Gasteiger partial charge in [-0.15, -0.1) is 0 Å². The lowest BCUT2D eigenvalue weighted by atomic mass is 10.1. The maximum absolute atomic E-state index is 6.38. The minimum absolute atomic E-state index is 0.228. The summed E-state index contributed by atoms with van der Waals surface area (Å²) in [6.45, 7) is 4.33. The zero-order valence-corrected chi connectivity index (χ0v) is 18.3. The Morgan fingerprint density at radius 1 is 0.893 bits per heavy atom. The van der Waals surface area contributed by atoms with E-state index in [0.29, 0.717) is 25.8 Å². The smallest absolute Gasteiger partial charge is 0.157 e. The number of ether oxygens (including phenoxy) is 1. The predicted molar refractivity (Wildman–Crippen MR) is 120 cm³/mol. The average Bonchev–Trinajstić information content (AvgIpc) is 2.64. The first-order chi connectivity index (χ1) is 13.3. The van der Waals surface area contributed by atoms with E-state index in [1.165, 1.54) is 5.56 Å². The van der Waals surface area contributed by atoms with E-state index in [2.05, 4.69) is 18.0 Å². The average molecular weight is 453 g/mol. The molecule has 3 aromatic rings.